The van der Waals surface area contributed by atoms with Gasteiger partial charge in [0, 0.05) is 6.07 Å². The molecule has 0 atom stereocenters. The first-order chi connectivity index (χ1) is 10.5. The van der Waals surface area contributed by atoms with Crippen LogP contribution in [0.5, 0.6) is 5.75 Å². The van der Waals surface area contributed by atoms with Crippen molar-refractivity contribution >= 4 is 23.3 Å². The number of nitrogens with zero attached hydrogens (tertiary/aromatic N) is 1. The number of benzene rings is 2. The third-order valence-electron chi connectivity index (χ3n) is 2.99. The Hall–Kier alpha value is -2.71. The molecule has 22 heavy (non-hydrogen) atoms. The largest absolute Gasteiger partial charge is 0.496 e. The van der Waals surface area contributed by atoms with E-state index in [1.165, 1.54) is 19.2 Å². The van der Waals surface area contributed by atoms with Crippen LogP contribution in [0.15, 0.2) is 36.4 Å². The molecule has 2 aromatic rings. The minimum absolute atomic E-state index is 0.0791. The summed E-state index contributed by atoms with van der Waals surface area (Å²) in [5.74, 6) is -0.269. The minimum Gasteiger partial charge on any atom is -0.496 e. The molecule has 0 aliphatic carbocycles. The molecule has 0 heterocycles. The van der Waals surface area contributed by atoms with Gasteiger partial charge in [-0.3, -0.25) is 0 Å². The van der Waals surface area contributed by atoms with Crippen molar-refractivity contribution in [3.8, 4) is 11.8 Å². The van der Waals surface area contributed by atoms with Crippen molar-refractivity contribution in [2.45, 2.75) is 6.61 Å². The van der Waals surface area contributed by atoms with E-state index >= 15 is 0 Å². The van der Waals surface area contributed by atoms with E-state index < -0.39 is 5.97 Å². The lowest BCUT2D eigenvalue weighted by Crippen LogP contribution is -2.08. The molecule has 0 saturated carbocycles. The van der Waals surface area contributed by atoms with E-state index in [2.05, 4.69) is 0 Å². The van der Waals surface area contributed by atoms with Crippen molar-refractivity contribution in [2.75, 3.05) is 12.8 Å². The molecule has 2 N–H and O–H groups in total. The third kappa shape index (κ3) is 3.48. The summed E-state index contributed by atoms with van der Waals surface area (Å²) < 4.78 is 10.3. The molecule has 0 aromatic heterocycles. The summed E-state index contributed by atoms with van der Waals surface area (Å²) >= 11 is 5.92. The minimum atomic E-state index is -0.567. The van der Waals surface area contributed by atoms with Crippen LogP contribution >= 0.6 is 11.6 Å². The average Bonchev–Trinajstić information content (AvgIpc) is 2.55. The maximum Gasteiger partial charge on any atom is 0.342 e. The second-order valence-corrected chi connectivity index (χ2v) is 4.87. The maximum atomic E-state index is 12.1. The molecule has 0 spiro atoms. The second-order valence-electron chi connectivity index (χ2n) is 4.46. The molecule has 112 valence electrons. The SMILES string of the molecule is COc1cc(N)c(Cl)cc1C(=O)OCc1ccc(C#N)cc1. The third-order valence-corrected chi connectivity index (χ3v) is 3.32. The maximum absolute atomic E-state index is 12.1. The van der Waals surface area contributed by atoms with Gasteiger partial charge in [-0.25, -0.2) is 4.79 Å². The average molecular weight is 317 g/mol. The van der Waals surface area contributed by atoms with E-state index in [0.717, 1.165) is 5.56 Å². The van der Waals surface area contributed by atoms with Crippen LogP contribution in [0.3, 0.4) is 0 Å². The summed E-state index contributed by atoms with van der Waals surface area (Å²) in [5.41, 5.74) is 7.51. The number of anilines is 1. The molecule has 0 radical (unpaired) electrons. The van der Waals surface area contributed by atoms with Crippen molar-refractivity contribution in [1.82, 2.24) is 0 Å². The number of carbonyl (C=O) groups excluding carboxylic acids is 1. The van der Waals surface area contributed by atoms with Crippen molar-refractivity contribution < 1.29 is 14.3 Å². The molecule has 5 nitrogen and oxygen atoms in total. The van der Waals surface area contributed by atoms with Gasteiger partial charge < -0.3 is 15.2 Å². The highest BCUT2D eigenvalue weighted by Crippen LogP contribution is 2.29. The molecule has 2 aromatic carbocycles. The highest BCUT2D eigenvalue weighted by molar-refractivity contribution is 6.33. The van der Waals surface area contributed by atoms with Gasteiger partial charge in [-0.2, -0.15) is 5.26 Å². The number of nitrogens with two attached hydrogens (primary N) is 1. The van der Waals surface area contributed by atoms with Crippen LogP contribution < -0.4 is 10.5 Å². The van der Waals surface area contributed by atoms with Crippen molar-refractivity contribution in [1.29, 1.82) is 5.26 Å². The Morgan fingerprint density at radius 1 is 1.32 bits per heavy atom. The van der Waals surface area contributed by atoms with Crippen LogP contribution in [-0.2, 0) is 11.3 Å². The van der Waals surface area contributed by atoms with Gasteiger partial charge in [-0.15, -0.1) is 0 Å². The van der Waals surface area contributed by atoms with Gasteiger partial charge >= 0.3 is 5.97 Å². The Morgan fingerprint density at radius 3 is 2.59 bits per heavy atom. The van der Waals surface area contributed by atoms with E-state index in [9.17, 15) is 4.79 Å². The number of nitrogen functional groups attached to an aromatic ring is 1. The number of hydrogen-bond acceptors (Lipinski definition) is 5. The van der Waals surface area contributed by atoms with Crippen molar-refractivity contribution in [2.24, 2.45) is 0 Å². The summed E-state index contributed by atoms with van der Waals surface area (Å²) in [6.45, 7) is 0.0791. The van der Waals surface area contributed by atoms with Crippen LogP contribution in [-0.4, -0.2) is 13.1 Å². The molecular formula is C16H13ClN2O3. The fourth-order valence-corrected chi connectivity index (χ4v) is 1.96. The number of rotatable bonds is 4. The van der Waals surface area contributed by atoms with Crippen molar-refractivity contribution in [3.05, 3.63) is 58.1 Å². The zero-order chi connectivity index (χ0) is 16.1. The Labute approximate surface area is 132 Å². The molecule has 2 rings (SSSR count). The summed E-state index contributed by atoms with van der Waals surface area (Å²) in [7, 11) is 1.43. The standard InChI is InChI=1S/C16H13ClN2O3/c1-21-15-7-14(19)13(17)6-12(15)16(20)22-9-11-4-2-10(8-18)3-5-11/h2-7H,9,19H2,1H3. The van der Waals surface area contributed by atoms with Crippen molar-refractivity contribution in [3.63, 3.8) is 0 Å². The molecule has 0 aliphatic heterocycles. The van der Waals surface area contributed by atoms with Crippen LogP contribution in [0.25, 0.3) is 0 Å². The summed E-state index contributed by atoms with van der Waals surface area (Å²) in [5, 5.41) is 8.99. The zero-order valence-corrected chi connectivity index (χ0v) is 12.6. The van der Waals surface area contributed by atoms with E-state index in [4.69, 9.17) is 32.1 Å². The van der Waals surface area contributed by atoms with Crippen LogP contribution in [0.4, 0.5) is 5.69 Å². The number of halogens is 1. The smallest absolute Gasteiger partial charge is 0.342 e. The lowest BCUT2D eigenvalue weighted by Gasteiger charge is -2.10. The van der Waals surface area contributed by atoms with Gasteiger partial charge in [0.1, 0.15) is 17.9 Å². The van der Waals surface area contributed by atoms with Crippen LogP contribution in [0.2, 0.25) is 5.02 Å². The van der Waals surface area contributed by atoms with Crippen LogP contribution in [0, 0.1) is 11.3 Å². The topological polar surface area (TPSA) is 85.3 Å². The normalized spacial score (nSPS) is 9.86. The number of ether oxygens (including phenoxy) is 2. The summed E-state index contributed by atoms with van der Waals surface area (Å²) in [6, 6.07) is 11.7. The van der Waals surface area contributed by atoms with E-state index in [1.54, 1.807) is 24.3 Å². The van der Waals surface area contributed by atoms with Gasteiger partial charge in [0.25, 0.3) is 0 Å². The second kappa shape index (κ2) is 6.83. The Balaban J connectivity index is 2.12. The zero-order valence-electron chi connectivity index (χ0n) is 11.8. The fraction of sp³-hybridized carbons (Fsp3) is 0.125. The molecule has 6 heteroatoms. The van der Waals surface area contributed by atoms with E-state index in [0.29, 0.717) is 17.0 Å². The van der Waals surface area contributed by atoms with Gasteiger partial charge in [0.05, 0.1) is 29.5 Å². The predicted octanol–water partition coefficient (Wildman–Crippen LogP) is 3.16. The first-order valence-corrected chi connectivity index (χ1v) is 6.72. The van der Waals surface area contributed by atoms with Gasteiger partial charge in [-0.05, 0) is 23.8 Å². The highest BCUT2D eigenvalue weighted by atomic mass is 35.5. The monoisotopic (exact) mass is 316 g/mol. The van der Waals surface area contributed by atoms with Crippen LogP contribution in [0.1, 0.15) is 21.5 Å². The number of methoxy groups -OCH3 is 1. The Bertz CT molecular complexity index is 736. The molecule has 0 fully saturated rings. The summed E-state index contributed by atoms with van der Waals surface area (Å²) in [4.78, 5) is 12.1. The van der Waals surface area contributed by atoms with Gasteiger partial charge in [-0.1, -0.05) is 23.7 Å². The molecule has 0 saturated heterocycles. The number of carbonyl (C=O) groups is 1. The highest BCUT2D eigenvalue weighted by Gasteiger charge is 2.16. The number of nitriles is 1. The van der Waals surface area contributed by atoms with Gasteiger partial charge in [0.2, 0.25) is 0 Å². The number of esters is 1. The first-order valence-electron chi connectivity index (χ1n) is 6.34. The Morgan fingerprint density at radius 2 is 2.00 bits per heavy atom. The lowest BCUT2D eigenvalue weighted by atomic mass is 10.1. The van der Waals surface area contributed by atoms with E-state index in [1.807, 2.05) is 6.07 Å². The molecule has 0 amide bonds. The first kappa shape index (κ1) is 15.7. The molecular weight excluding hydrogens is 304 g/mol. The quantitative estimate of drug-likeness (QED) is 0.691. The number of hydrogen-bond donors (Lipinski definition) is 1. The fourth-order valence-electron chi connectivity index (χ4n) is 1.80. The molecule has 0 unspecified atom stereocenters. The molecule has 0 aliphatic rings. The van der Waals surface area contributed by atoms with Gasteiger partial charge in [0.15, 0.2) is 0 Å². The summed E-state index contributed by atoms with van der Waals surface area (Å²) in [6.07, 6.45) is 0. The van der Waals surface area contributed by atoms with E-state index in [-0.39, 0.29) is 17.2 Å². The predicted molar refractivity (Wildman–Crippen MR) is 82.7 cm³/mol. The Kier molecular flexibility index (Phi) is 4.87. The molecule has 0 bridgehead atoms. The lowest BCUT2D eigenvalue weighted by molar-refractivity contribution is 0.0469.